The molecule has 132 valence electrons. The molecular weight excluding hydrogens is 322 g/mol. The fraction of sp³-hybridized carbons (Fsp3) is 0.182. The second kappa shape index (κ2) is 7.83. The average molecular weight is 345 g/mol. The Morgan fingerprint density at radius 3 is 2.62 bits per heavy atom. The SMILES string of the molecule is C=CCNC(=O)c1cn(Cc2ccccc2)nc1-c1ccc(C)c(C)c1. The van der Waals surface area contributed by atoms with E-state index in [1.54, 1.807) is 6.08 Å². The van der Waals surface area contributed by atoms with Crippen LogP contribution in [0.25, 0.3) is 11.3 Å². The molecule has 0 unspecified atom stereocenters. The van der Waals surface area contributed by atoms with Gasteiger partial charge in [-0.25, -0.2) is 0 Å². The molecule has 0 spiro atoms. The zero-order valence-corrected chi connectivity index (χ0v) is 15.2. The van der Waals surface area contributed by atoms with Crippen LogP contribution in [-0.4, -0.2) is 22.2 Å². The average Bonchev–Trinajstić information content (AvgIpc) is 3.06. The van der Waals surface area contributed by atoms with Crippen LogP contribution >= 0.6 is 0 Å². The van der Waals surface area contributed by atoms with Crippen LogP contribution in [0.4, 0.5) is 0 Å². The van der Waals surface area contributed by atoms with Gasteiger partial charge >= 0.3 is 0 Å². The lowest BCUT2D eigenvalue weighted by Gasteiger charge is -2.06. The van der Waals surface area contributed by atoms with Crippen molar-refractivity contribution in [3.63, 3.8) is 0 Å². The first-order valence-electron chi connectivity index (χ1n) is 8.66. The highest BCUT2D eigenvalue weighted by molar-refractivity contribution is 5.99. The van der Waals surface area contributed by atoms with Crippen molar-refractivity contribution in [1.29, 1.82) is 0 Å². The van der Waals surface area contributed by atoms with Gasteiger partial charge in [0.1, 0.15) is 5.69 Å². The molecule has 0 bridgehead atoms. The van der Waals surface area contributed by atoms with Crippen LogP contribution in [0, 0.1) is 13.8 Å². The van der Waals surface area contributed by atoms with Crippen LogP contribution in [0.2, 0.25) is 0 Å². The molecule has 3 rings (SSSR count). The molecule has 0 fully saturated rings. The van der Waals surface area contributed by atoms with Gasteiger partial charge in [-0.15, -0.1) is 6.58 Å². The van der Waals surface area contributed by atoms with Gasteiger partial charge in [0, 0.05) is 18.3 Å². The zero-order chi connectivity index (χ0) is 18.5. The summed E-state index contributed by atoms with van der Waals surface area (Å²) in [6.07, 6.45) is 3.48. The Balaban J connectivity index is 2.00. The van der Waals surface area contributed by atoms with Gasteiger partial charge in [0.05, 0.1) is 12.1 Å². The van der Waals surface area contributed by atoms with Crippen LogP contribution in [0.5, 0.6) is 0 Å². The van der Waals surface area contributed by atoms with E-state index in [1.807, 2.05) is 35.1 Å². The molecule has 4 heteroatoms. The molecule has 0 saturated carbocycles. The van der Waals surface area contributed by atoms with E-state index in [2.05, 4.69) is 50.0 Å². The predicted molar refractivity (Wildman–Crippen MR) is 105 cm³/mol. The van der Waals surface area contributed by atoms with Gasteiger partial charge in [-0.1, -0.05) is 48.5 Å². The Morgan fingerprint density at radius 2 is 1.92 bits per heavy atom. The van der Waals surface area contributed by atoms with Gasteiger partial charge in [0.2, 0.25) is 0 Å². The summed E-state index contributed by atoms with van der Waals surface area (Å²) in [4.78, 5) is 12.6. The maximum Gasteiger partial charge on any atom is 0.255 e. The number of hydrogen-bond donors (Lipinski definition) is 1. The van der Waals surface area contributed by atoms with Crippen LogP contribution < -0.4 is 5.32 Å². The normalized spacial score (nSPS) is 10.5. The van der Waals surface area contributed by atoms with Crippen molar-refractivity contribution in [2.45, 2.75) is 20.4 Å². The van der Waals surface area contributed by atoms with E-state index in [0.717, 1.165) is 11.1 Å². The molecule has 4 nitrogen and oxygen atoms in total. The van der Waals surface area contributed by atoms with Crippen molar-refractivity contribution in [1.82, 2.24) is 15.1 Å². The highest BCUT2D eigenvalue weighted by Gasteiger charge is 2.18. The number of benzene rings is 2. The number of rotatable bonds is 6. The smallest absolute Gasteiger partial charge is 0.255 e. The molecule has 2 aromatic carbocycles. The largest absolute Gasteiger partial charge is 0.348 e. The molecule has 0 radical (unpaired) electrons. The van der Waals surface area contributed by atoms with E-state index in [9.17, 15) is 4.79 Å². The summed E-state index contributed by atoms with van der Waals surface area (Å²) in [6.45, 7) is 8.84. The van der Waals surface area contributed by atoms with Crippen molar-refractivity contribution >= 4 is 5.91 Å². The molecule has 1 N–H and O–H groups in total. The molecule has 1 amide bonds. The molecule has 1 aromatic heterocycles. The van der Waals surface area contributed by atoms with E-state index in [1.165, 1.54) is 11.1 Å². The molecule has 26 heavy (non-hydrogen) atoms. The zero-order valence-electron chi connectivity index (χ0n) is 15.2. The Labute approximate surface area is 154 Å². The van der Waals surface area contributed by atoms with Crippen LogP contribution in [-0.2, 0) is 6.54 Å². The monoisotopic (exact) mass is 345 g/mol. The number of nitrogens with one attached hydrogen (secondary N) is 1. The van der Waals surface area contributed by atoms with Crippen molar-refractivity contribution in [2.75, 3.05) is 6.54 Å². The minimum absolute atomic E-state index is 0.141. The molecule has 0 atom stereocenters. The van der Waals surface area contributed by atoms with Gasteiger partial charge < -0.3 is 5.32 Å². The first kappa shape index (κ1) is 17.7. The maximum atomic E-state index is 12.6. The third kappa shape index (κ3) is 3.91. The fourth-order valence-corrected chi connectivity index (χ4v) is 2.80. The van der Waals surface area contributed by atoms with Gasteiger partial charge in [0.25, 0.3) is 5.91 Å². The number of aromatic nitrogens is 2. The van der Waals surface area contributed by atoms with Gasteiger partial charge in [-0.3, -0.25) is 9.48 Å². The lowest BCUT2D eigenvalue weighted by Crippen LogP contribution is -2.23. The lowest BCUT2D eigenvalue weighted by atomic mass is 10.0. The van der Waals surface area contributed by atoms with E-state index in [-0.39, 0.29) is 5.91 Å². The molecule has 0 aliphatic heterocycles. The molecule has 0 saturated heterocycles. The van der Waals surface area contributed by atoms with Crippen LogP contribution in [0.3, 0.4) is 0 Å². The van der Waals surface area contributed by atoms with Crippen molar-refractivity contribution in [2.24, 2.45) is 0 Å². The number of amides is 1. The van der Waals surface area contributed by atoms with Gasteiger partial charge in [-0.05, 0) is 36.6 Å². The third-order valence-corrected chi connectivity index (χ3v) is 4.38. The number of hydrogen-bond acceptors (Lipinski definition) is 2. The fourth-order valence-electron chi connectivity index (χ4n) is 2.80. The molecular formula is C22H23N3O. The van der Waals surface area contributed by atoms with Crippen molar-refractivity contribution in [3.05, 3.63) is 89.6 Å². The molecule has 3 aromatic rings. The summed E-state index contributed by atoms with van der Waals surface area (Å²) in [5.41, 5.74) is 5.76. The second-order valence-electron chi connectivity index (χ2n) is 6.37. The van der Waals surface area contributed by atoms with Crippen molar-refractivity contribution in [3.8, 4) is 11.3 Å². The van der Waals surface area contributed by atoms with E-state index in [0.29, 0.717) is 24.3 Å². The van der Waals surface area contributed by atoms with E-state index >= 15 is 0 Å². The van der Waals surface area contributed by atoms with Gasteiger partial charge in [-0.2, -0.15) is 5.10 Å². The van der Waals surface area contributed by atoms with E-state index in [4.69, 9.17) is 5.10 Å². The quantitative estimate of drug-likeness (QED) is 0.683. The topological polar surface area (TPSA) is 46.9 Å². The summed E-state index contributed by atoms with van der Waals surface area (Å²) in [7, 11) is 0. The Kier molecular flexibility index (Phi) is 5.32. The van der Waals surface area contributed by atoms with Crippen molar-refractivity contribution < 1.29 is 4.79 Å². The Morgan fingerprint density at radius 1 is 1.15 bits per heavy atom. The first-order valence-corrected chi connectivity index (χ1v) is 8.66. The first-order chi connectivity index (χ1) is 12.6. The second-order valence-corrected chi connectivity index (χ2v) is 6.37. The minimum atomic E-state index is -0.141. The summed E-state index contributed by atoms with van der Waals surface area (Å²) < 4.78 is 1.82. The van der Waals surface area contributed by atoms with E-state index < -0.39 is 0 Å². The summed E-state index contributed by atoms with van der Waals surface area (Å²) in [6, 6.07) is 16.2. The predicted octanol–water partition coefficient (Wildman–Crippen LogP) is 4.13. The Hall–Kier alpha value is -3.14. The molecule has 0 aliphatic carbocycles. The maximum absolute atomic E-state index is 12.6. The summed E-state index contributed by atoms with van der Waals surface area (Å²) >= 11 is 0. The third-order valence-electron chi connectivity index (χ3n) is 4.38. The number of carbonyl (C=O) groups excluding carboxylic acids is 1. The lowest BCUT2D eigenvalue weighted by molar-refractivity contribution is 0.0958. The number of nitrogens with zero attached hydrogens (tertiary/aromatic N) is 2. The highest BCUT2D eigenvalue weighted by Crippen LogP contribution is 2.25. The van der Waals surface area contributed by atoms with Crippen LogP contribution in [0.1, 0.15) is 27.0 Å². The summed E-state index contributed by atoms with van der Waals surface area (Å²) in [5, 5.41) is 7.56. The minimum Gasteiger partial charge on any atom is -0.348 e. The molecule has 1 heterocycles. The standard InChI is InChI=1S/C22H23N3O/c1-4-12-23-22(26)20-15-25(14-18-8-6-5-7-9-18)24-21(20)19-11-10-16(2)17(3)13-19/h4-11,13,15H,1,12,14H2,2-3H3,(H,23,26). The van der Waals surface area contributed by atoms with Crippen LogP contribution in [0.15, 0.2) is 67.4 Å². The van der Waals surface area contributed by atoms with Gasteiger partial charge in [0.15, 0.2) is 0 Å². The Bertz CT molecular complexity index is 926. The highest BCUT2D eigenvalue weighted by atomic mass is 16.1. The number of carbonyl (C=O) groups is 1. The summed E-state index contributed by atoms with van der Waals surface area (Å²) in [5.74, 6) is -0.141. The number of aryl methyl sites for hydroxylation is 2. The molecule has 0 aliphatic rings.